The van der Waals surface area contributed by atoms with Crippen LogP contribution in [0.5, 0.6) is 0 Å². The second-order valence-electron chi connectivity index (χ2n) is 4.44. The summed E-state index contributed by atoms with van der Waals surface area (Å²) in [7, 11) is 1.16. The van der Waals surface area contributed by atoms with Gasteiger partial charge in [-0.3, -0.25) is 9.59 Å². The van der Waals surface area contributed by atoms with E-state index in [0.717, 1.165) is 18.1 Å². The lowest BCUT2D eigenvalue weighted by Gasteiger charge is -2.19. The van der Waals surface area contributed by atoms with Gasteiger partial charge in [-0.1, -0.05) is 6.07 Å². The second-order valence-corrected chi connectivity index (χ2v) is 4.44. The van der Waals surface area contributed by atoms with Crippen molar-refractivity contribution in [3.63, 3.8) is 0 Å². The fourth-order valence-corrected chi connectivity index (χ4v) is 2.18. The predicted molar refractivity (Wildman–Crippen MR) is 67.4 cm³/mol. The van der Waals surface area contributed by atoms with Crippen LogP contribution in [0.15, 0.2) is 18.2 Å². The van der Waals surface area contributed by atoms with Crippen molar-refractivity contribution in [2.24, 2.45) is 11.7 Å². The molecule has 0 saturated carbocycles. The summed E-state index contributed by atoms with van der Waals surface area (Å²) < 4.78 is 18.5. The summed E-state index contributed by atoms with van der Waals surface area (Å²) in [4.78, 5) is 35.8. The van der Waals surface area contributed by atoms with E-state index in [0.29, 0.717) is 0 Å². The number of hydrogen-bond acceptors (Lipinski definition) is 4. The minimum Gasteiger partial charge on any atom is -0.465 e. The maximum Gasteiger partial charge on any atom is 0.340 e. The van der Waals surface area contributed by atoms with Gasteiger partial charge < -0.3 is 15.4 Å². The van der Waals surface area contributed by atoms with Crippen molar-refractivity contribution in [2.75, 3.05) is 18.6 Å². The first-order chi connectivity index (χ1) is 9.45. The number of anilines is 1. The van der Waals surface area contributed by atoms with E-state index < -0.39 is 29.5 Å². The van der Waals surface area contributed by atoms with Crippen LogP contribution in [0.1, 0.15) is 16.8 Å². The van der Waals surface area contributed by atoms with Crippen LogP contribution in [0.25, 0.3) is 0 Å². The Hall–Kier alpha value is -2.44. The van der Waals surface area contributed by atoms with E-state index in [1.807, 2.05) is 0 Å². The van der Waals surface area contributed by atoms with Crippen LogP contribution in [0.4, 0.5) is 10.1 Å². The minimum atomic E-state index is -0.755. The number of ether oxygens (including phenoxy) is 1. The number of methoxy groups -OCH3 is 1. The summed E-state index contributed by atoms with van der Waals surface area (Å²) in [6.45, 7) is -0.0426. The number of hydrogen-bond donors (Lipinski definition) is 1. The highest BCUT2D eigenvalue weighted by Crippen LogP contribution is 2.31. The summed E-state index contributed by atoms with van der Waals surface area (Å²) in [5.74, 6) is -3.25. The van der Waals surface area contributed by atoms with Crippen LogP contribution in [0.3, 0.4) is 0 Å². The van der Waals surface area contributed by atoms with Crippen molar-refractivity contribution < 1.29 is 23.5 Å². The molecule has 1 heterocycles. The highest BCUT2D eigenvalue weighted by Gasteiger charge is 2.37. The molecule has 1 unspecified atom stereocenters. The fraction of sp³-hybridized carbons (Fsp3) is 0.308. The van der Waals surface area contributed by atoms with Crippen LogP contribution in [0.2, 0.25) is 0 Å². The van der Waals surface area contributed by atoms with Gasteiger partial charge in [-0.15, -0.1) is 0 Å². The molecular formula is C13H13FN2O4. The number of para-hydroxylation sites is 1. The number of primary amides is 1. The van der Waals surface area contributed by atoms with Crippen LogP contribution in [-0.2, 0) is 14.3 Å². The average Bonchev–Trinajstić information content (AvgIpc) is 2.79. The van der Waals surface area contributed by atoms with E-state index >= 15 is 0 Å². The van der Waals surface area contributed by atoms with Gasteiger partial charge >= 0.3 is 5.97 Å². The number of carbonyl (C=O) groups excluding carboxylic acids is 3. The summed E-state index contributed by atoms with van der Waals surface area (Å²) in [5.41, 5.74) is 4.92. The molecule has 2 amide bonds. The third-order valence-electron chi connectivity index (χ3n) is 3.19. The second kappa shape index (κ2) is 5.28. The van der Waals surface area contributed by atoms with Crippen LogP contribution >= 0.6 is 0 Å². The lowest BCUT2D eigenvalue weighted by Crippen LogP contribution is -2.30. The first kappa shape index (κ1) is 14.0. The minimum absolute atomic E-state index is 0.0426. The fourth-order valence-electron chi connectivity index (χ4n) is 2.18. The third kappa shape index (κ3) is 2.34. The van der Waals surface area contributed by atoms with Crippen LogP contribution < -0.4 is 10.6 Å². The zero-order valence-electron chi connectivity index (χ0n) is 10.8. The maximum atomic E-state index is 14.0. The molecule has 1 aromatic carbocycles. The molecular weight excluding hydrogens is 267 g/mol. The van der Waals surface area contributed by atoms with Gasteiger partial charge in [-0.05, 0) is 12.1 Å². The number of nitrogens with zero attached hydrogens (tertiary/aromatic N) is 1. The Morgan fingerprint density at radius 2 is 2.15 bits per heavy atom. The van der Waals surface area contributed by atoms with Crippen molar-refractivity contribution >= 4 is 23.5 Å². The number of carbonyl (C=O) groups is 3. The molecule has 20 heavy (non-hydrogen) atoms. The Bertz CT molecular complexity index is 588. The molecule has 6 nitrogen and oxygen atoms in total. The molecule has 0 aliphatic carbocycles. The largest absolute Gasteiger partial charge is 0.465 e. The summed E-state index contributed by atoms with van der Waals surface area (Å²) >= 11 is 0. The third-order valence-corrected chi connectivity index (χ3v) is 3.19. The Morgan fingerprint density at radius 3 is 2.70 bits per heavy atom. The van der Waals surface area contributed by atoms with E-state index in [1.165, 1.54) is 12.1 Å². The van der Waals surface area contributed by atoms with Gasteiger partial charge in [0.2, 0.25) is 11.8 Å². The number of amides is 2. The molecule has 7 heteroatoms. The van der Waals surface area contributed by atoms with Gasteiger partial charge in [0.1, 0.15) is 5.82 Å². The summed E-state index contributed by atoms with van der Waals surface area (Å²) in [6, 6.07) is 3.83. The highest BCUT2D eigenvalue weighted by atomic mass is 19.1. The number of halogens is 1. The van der Waals surface area contributed by atoms with Crippen molar-refractivity contribution in [3.05, 3.63) is 29.6 Å². The molecule has 106 valence electrons. The first-order valence-electron chi connectivity index (χ1n) is 5.92. The van der Waals surface area contributed by atoms with Gasteiger partial charge in [0.25, 0.3) is 0 Å². The quantitative estimate of drug-likeness (QED) is 0.814. The smallest absolute Gasteiger partial charge is 0.340 e. The van der Waals surface area contributed by atoms with Gasteiger partial charge in [-0.25, -0.2) is 9.18 Å². The molecule has 1 fully saturated rings. The highest BCUT2D eigenvalue weighted by molar-refractivity contribution is 6.05. The van der Waals surface area contributed by atoms with E-state index in [9.17, 15) is 18.8 Å². The lowest BCUT2D eigenvalue weighted by molar-refractivity contribution is -0.123. The molecule has 1 aliphatic rings. The molecule has 2 rings (SSSR count). The van der Waals surface area contributed by atoms with E-state index in [2.05, 4.69) is 4.74 Å². The Balaban J connectivity index is 2.45. The van der Waals surface area contributed by atoms with Crippen molar-refractivity contribution in [3.8, 4) is 0 Å². The summed E-state index contributed by atoms with van der Waals surface area (Å²) in [6.07, 6.45) is -0.0930. The number of benzene rings is 1. The van der Waals surface area contributed by atoms with E-state index in [-0.39, 0.29) is 24.2 Å². The number of nitrogens with two attached hydrogens (primary N) is 1. The predicted octanol–water partition coefficient (Wildman–Crippen LogP) is 0.450. The zero-order valence-corrected chi connectivity index (χ0v) is 10.8. The van der Waals surface area contributed by atoms with Crippen molar-refractivity contribution in [1.82, 2.24) is 0 Å². The Morgan fingerprint density at radius 1 is 1.45 bits per heavy atom. The molecule has 1 aliphatic heterocycles. The molecule has 1 atom stereocenters. The molecule has 1 aromatic rings. The Kier molecular flexibility index (Phi) is 3.69. The maximum absolute atomic E-state index is 14.0. The number of esters is 1. The van der Waals surface area contributed by atoms with Crippen molar-refractivity contribution in [2.45, 2.75) is 6.42 Å². The molecule has 2 N–H and O–H groups in total. The van der Waals surface area contributed by atoms with Gasteiger partial charge in [0.15, 0.2) is 0 Å². The van der Waals surface area contributed by atoms with Crippen LogP contribution in [0, 0.1) is 11.7 Å². The standard InChI is InChI=1S/C13H13FN2O4/c1-20-13(19)8-3-2-4-9(14)11(8)16-6-7(12(15)18)5-10(16)17/h2-4,7H,5-6H2,1H3,(H2,15,18). The van der Waals surface area contributed by atoms with Gasteiger partial charge in [-0.2, -0.15) is 0 Å². The topological polar surface area (TPSA) is 89.7 Å². The molecule has 0 radical (unpaired) electrons. The average molecular weight is 280 g/mol. The van der Waals surface area contributed by atoms with Gasteiger partial charge in [0.05, 0.1) is 24.3 Å². The Labute approximate surface area is 114 Å². The van der Waals surface area contributed by atoms with Crippen LogP contribution in [-0.4, -0.2) is 31.4 Å². The monoisotopic (exact) mass is 280 g/mol. The lowest BCUT2D eigenvalue weighted by atomic mass is 10.1. The SMILES string of the molecule is COC(=O)c1cccc(F)c1N1CC(C(N)=O)CC1=O. The molecule has 0 aromatic heterocycles. The molecule has 0 spiro atoms. The van der Waals surface area contributed by atoms with E-state index in [1.54, 1.807) is 0 Å². The first-order valence-corrected chi connectivity index (χ1v) is 5.92. The normalized spacial score (nSPS) is 18.2. The molecule has 1 saturated heterocycles. The number of rotatable bonds is 3. The van der Waals surface area contributed by atoms with Gasteiger partial charge in [0, 0.05) is 13.0 Å². The van der Waals surface area contributed by atoms with Crippen molar-refractivity contribution in [1.29, 1.82) is 0 Å². The van der Waals surface area contributed by atoms with E-state index in [4.69, 9.17) is 5.73 Å². The zero-order chi connectivity index (χ0) is 14.9. The summed E-state index contributed by atoms with van der Waals surface area (Å²) in [5, 5.41) is 0. The molecule has 0 bridgehead atoms.